The summed E-state index contributed by atoms with van der Waals surface area (Å²) < 4.78 is 13.3. The second-order valence-corrected chi connectivity index (χ2v) is 3.46. The van der Waals surface area contributed by atoms with E-state index in [1.807, 2.05) is 6.08 Å². The molecule has 1 aliphatic heterocycles. The van der Waals surface area contributed by atoms with E-state index in [1.165, 1.54) is 5.57 Å². The van der Waals surface area contributed by atoms with Crippen LogP contribution in [0.2, 0.25) is 5.02 Å². The Balaban J connectivity index is 2.34. The molecule has 1 saturated heterocycles. The monoisotopic (exact) mass is 197 g/mol. The Kier molecular flexibility index (Phi) is 2.34. The van der Waals surface area contributed by atoms with Gasteiger partial charge in [-0.15, -0.1) is 0 Å². The first kappa shape index (κ1) is 8.73. The molecular weight excluding hydrogens is 189 g/mol. The van der Waals surface area contributed by atoms with Gasteiger partial charge in [0, 0.05) is 18.7 Å². The highest BCUT2D eigenvalue weighted by Gasteiger charge is 2.09. The van der Waals surface area contributed by atoms with Gasteiger partial charge in [-0.25, -0.2) is 4.39 Å². The predicted octanol–water partition coefficient (Wildman–Crippen LogP) is 2.47. The molecule has 0 unspecified atom stereocenters. The lowest BCUT2D eigenvalue weighted by Crippen LogP contribution is -2.33. The molecule has 13 heavy (non-hydrogen) atoms. The van der Waals surface area contributed by atoms with Crippen LogP contribution in [0, 0.1) is 5.82 Å². The minimum absolute atomic E-state index is 0.182. The van der Waals surface area contributed by atoms with Gasteiger partial charge in [0.2, 0.25) is 0 Å². The molecule has 3 heteroatoms. The van der Waals surface area contributed by atoms with E-state index in [0.29, 0.717) is 5.56 Å². The van der Waals surface area contributed by atoms with Crippen LogP contribution in [-0.2, 0) is 0 Å². The van der Waals surface area contributed by atoms with Crippen molar-refractivity contribution in [2.45, 2.75) is 0 Å². The van der Waals surface area contributed by atoms with Gasteiger partial charge in [-0.1, -0.05) is 29.8 Å². The summed E-state index contributed by atoms with van der Waals surface area (Å²) in [7, 11) is 0. The summed E-state index contributed by atoms with van der Waals surface area (Å²) in [6.45, 7) is 1.71. The molecular formula is C10H9ClFN. The van der Waals surface area contributed by atoms with Gasteiger partial charge >= 0.3 is 0 Å². The molecule has 2 rings (SSSR count). The number of rotatable bonds is 1. The fourth-order valence-corrected chi connectivity index (χ4v) is 1.41. The topological polar surface area (TPSA) is 12.0 Å². The Labute approximate surface area is 81.2 Å². The molecule has 0 bridgehead atoms. The van der Waals surface area contributed by atoms with Crippen LogP contribution in [0.15, 0.2) is 23.8 Å². The van der Waals surface area contributed by atoms with Crippen molar-refractivity contribution in [3.05, 3.63) is 40.2 Å². The van der Waals surface area contributed by atoms with Gasteiger partial charge in [0.05, 0.1) is 5.02 Å². The van der Waals surface area contributed by atoms with Crippen molar-refractivity contribution >= 4 is 17.7 Å². The molecule has 1 aromatic carbocycles. The van der Waals surface area contributed by atoms with E-state index >= 15 is 0 Å². The Morgan fingerprint density at radius 2 is 2.15 bits per heavy atom. The average molecular weight is 198 g/mol. The van der Waals surface area contributed by atoms with E-state index in [4.69, 9.17) is 11.6 Å². The fourth-order valence-electron chi connectivity index (χ4n) is 1.22. The van der Waals surface area contributed by atoms with Crippen molar-refractivity contribution in [2.24, 2.45) is 0 Å². The van der Waals surface area contributed by atoms with Crippen LogP contribution in [0.1, 0.15) is 5.56 Å². The lowest BCUT2D eigenvalue weighted by molar-refractivity contribution is 0.623. The van der Waals surface area contributed by atoms with Gasteiger partial charge in [0.25, 0.3) is 0 Å². The molecule has 1 nitrogen and oxygen atoms in total. The maximum absolute atomic E-state index is 13.3. The maximum Gasteiger partial charge on any atom is 0.148 e. The van der Waals surface area contributed by atoms with Gasteiger partial charge in [0.15, 0.2) is 0 Å². The maximum atomic E-state index is 13.3. The fraction of sp³-hybridized carbons (Fsp3) is 0.200. The zero-order chi connectivity index (χ0) is 9.26. The molecule has 1 aromatic rings. The van der Waals surface area contributed by atoms with E-state index in [1.54, 1.807) is 18.2 Å². The molecule has 0 atom stereocenters. The third kappa shape index (κ3) is 1.74. The van der Waals surface area contributed by atoms with E-state index in [-0.39, 0.29) is 10.8 Å². The van der Waals surface area contributed by atoms with Crippen LogP contribution in [0.3, 0.4) is 0 Å². The van der Waals surface area contributed by atoms with E-state index in [0.717, 1.165) is 13.1 Å². The van der Waals surface area contributed by atoms with Crippen molar-refractivity contribution in [3.8, 4) is 0 Å². The third-order valence-electron chi connectivity index (χ3n) is 2.05. The second kappa shape index (κ2) is 3.48. The molecule has 68 valence electrons. The Bertz CT molecular complexity index is 354. The van der Waals surface area contributed by atoms with E-state index < -0.39 is 0 Å². The normalized spacial score (nSPS) is 15.4. The SMILES string of the molecule is Fc1c(Cl)cccc1C=C1CNC1. The highest BCUT2D eigenvalue weighted by Crippen LogP contribution is 2.20. The summed E-state index contributed by atoms with van der Waals surface area (Å²) in [6.07, 6.45) is 1.84. The smallest absolute Gasteiger partial charge is 0.148 e. The first-order chi connectivity index (χ1) is 6.27. The molecule has 1 N–H and O–H groups in total. The lowest BCUT2D eigenvalue weighted by atomic mass is 10.1. The highest BCUT2D eigenvalue weighted by atomic mass is 35.5. The van der Waals surface area contributed by atoms with Crippen LogP contribution in [0.4, 0.5) is 4.39 Å². The molecule has 0 aliphatic carbocycles. The minimum Gasteiger partial charge on any atom is -0.309 e. The third-order valence-corrected chi connectivity index (χ3v) is 2.34. The largest absolute Gasteiger partial charge is 0.309 e. The number of hydrogen-bond acceptors (Lipinski definition) is 1. The number of hydrogen-bond donors (Lipinski definition) is 1. The highest BCUT2D eigenvalue weighted by molar-refractivity contribution is 6.30. The van der Waals surface area contributed by atoms with Crippen LogP contribution in [-0.4, -0.2) is 13.1 Å². The Morgan fingerprint density at radius 1 is 1.38 bits per heavy atom. The number of benzene rings is 1. The minimum atomic E-state index is -0.330. The summed E-state index contributed by atoms with van der Waals surface area (Å²) in [5.41, 5.74) is 1.78. The van der Waals surface area contributed by atoms with Crippen molar-refractivity contribution in [3.63, 3.8) is 0 Å². The Morgan fingerprint density at radius 3 is 2.77 bits per heavy atom. The van der Waals surface area contributed by atoms with Crippen LogP contribution in [0.5, 0.6) is 0 Å². The quantitative estimate of drug-likeness (QED) is 0.730. The summed E-state index contributed by atoms with van der Waals surface area (Å²) in [6, 6.07) is 5.04. The van der Waals surface area contributed by atoms with Crippen molar-refractivity contribution < 1.29 is 4.39 Å². The van der Waals surface area contributed by atoms with E-state index in [9.17, 15) is 4.39 Å². The Hall–Kier alpha value is -0.860. The number of nitrogens with one attached hydrogen (secondary N) is 1. The van der Waals surface area contributed by atoms with E-state index in [2.05, 4.69) is 5.32 Å². The zero-order valence-corrected chi connectivity index (χ0v) is 7.74. The average Bonchev–Trinajstić information content (AvgIpc) is 2.04. The molecule has 1 fully saturated rings. The second-order valence-electron chi connectivity index (χ2n) is 3.05. The van der Waals surface area contributed by atoms with Crippen LogP contribution < -0.4 is 5.32 Å². The first-order valence-electron chi connectivity index (χ1n) is 4.11. The lowest BCUT2D eigenvalue weighted by Gasteiger charge is -2.18. The van der Waals surface area contributed by atoms with Gasteiger partial charge in [-0.2, -0.15) is 0 Å². The molecule has 0 aromatic heterocycles. The van der Waals surface area contributed by atoms with Gasteiger partial charge in [0.1, 0.15) is 5.82 Å². The predicted molar refractivity (Wildman–Crippen MR) is 52.3 cm³/mol. The molecule has 0 saturated carbocycles. The number of halogens is 2. The summed E-state index contributed by atoms with van der Waals surface area (Å²) in [5.74, 6) is -0.330. The molecule has 0 radical (unpaired) electrons. The summed E-state index contributed by atoms with van der Waals surface area (Å²) in [5, 5.41) is 3.27. The first-order valence-corrected chi connectivity index (χ1v) is 4.49. The zero-order valence-electron chi connectivity index (χ0n) is 6.98. The van der Waals surface area contributed by atoms with Gasteiger partial charge in [-0.05, 0) is 11.6 Å². The standard InChI is InChI=1S/C10H9ClFN/c11-9-3-1-2-8(10(9)12)4-7-5-13-6-7/h1-4,13H,5-6H2. The molecule has 0 amide bonds. The van der Waals surface area contributed by atoms with Crippen LogP contribution >= 0.6 is 11.6 Å². The molecule has 0 spiro atoms. The van der Waals surface area contributed by atoms with Crippen molar-refractivity contribution in [1.82, 2.24) is 5.32 Å². The molecule has 1 aliphatic rings. The van der Waals surface area contributed by atoms with Crippen LogP contribution in [0.25, 0.3) is 6.08 Å². The summed E-state index contributed by atoms with van der Waals surface area (Å²) >= 11 is 5.64. The molecule has 1 heterocycles. The van der Waals surface area contributed by atoms with Crippen molar-refractivity contribution in [1.29, 1.82) is 0 Å². The van der Waals surface area contributed by atoms with Gasteiger partial charge in [-0.3, -0.25) is 0 Å². The van der Waals surface area contributed by atoms with Gasteiger partial charge < -0.3 is 5.32 Å². The summed E-state index contributed by atoms with van der Waals surface area (Å²) in [4.78, 5) is 0. The van der Waals surface area contributed by atoms with Crippen molar-refractivity contribution in [2.75, 3.05) is 13.1 Å².